The molecule has 2 unspecified atom stereocenters. The summed E-state index contributed by atoms with van der Waals surface area (Å²) in [7, 11) is -1.83. The standard InChI is InChI=1S/C52H64FN3O6Si/c1-39(2)34-35-56(51(59)61-37-40-22-12-7-13-23-40)44(38-62-63(52(3,4)5,45-28-18-10-19-29-45)46-30-20-11-21-31-46)33-32-43(53)36-54-49(57)48(55-50(58)60-6)47(41-24-14-8-15-25-41)42-26-16-9-17-27-42/h7-31,39,43-44,47-48H,32-38H2,1-6H3,(H,54,57)(H,55,58)/t43?,44?,48-/m0/s1. The van der Waals surface area contributed by atoms with E-state index < -0.39 is 50.6 Å². The summed E-state index contributed by atoms with van der Waals surface area (Å²) in [6.07, 6.45) is -1.84. The Morgan fingerprint density at radius 3 is 1.67 bits per heavy atom. The fourth-order valence-electron chi connectivity index (χ4n) is 8.12. The number of carbonyl (C=O) groups excluding carboxylic acids is 3. The smallest absolute Gasteiger partial charge is 0.410 e. The van der Waals surface area contributed by atoms with Crippen molar-refractivity contribution in [3.05, 3.63) is 168 Å². The summed E-state index contributed by atoms with van der Waals surface area (Å²) in [6, 6.07) is 47.2. The van der Waals surface area contributed by atoms with Gasteiger partial charge in [-0.3, -0.25) is 4.79 Å². The topological polar surface area (TPSA) is 106 Å². The molecule has 0 aromatic heterocycles. The van der Waals surface area contributed by atoms with Gasteiger partial charge >= 0.3 is 12.2 Å². The highest BCUT2D eigenvalue weighted by Crippen LogP contribution is 2.37. The molecule has 0 saturated heterocycles. The first-order chi connectivity index (χ1) is 30.3. The van der Waals surface area contributed by atoms with Gasteiger partial charge in [-0.1, -0.05) is 186 Å². The van der Waals surface area contributed by atoms with Crippen LogP contribution in [0.4, 0.5) is 14.0 Å². The van der Waals surface area contributed by atoms with Crippen molar-refractivity contribution in [1.82, 2.24) is 15.5 Å². The number of hydrogen-bond acceptors (Lipinski definition) is 6. The normalized spacial score (nSPS) is 13.2. The minimum Gasteiger partial charge on any atom is -0.453 e. The van der Waals surface area contributed by atoms with Gasteiger partial charge in [-0.25, -0.2) is 14.0 Å². The number of rotatable bonds is 21. The van der Waals surface area contributed by atoms with Gasteiger partial charge in [0.05, 0.1) is 19.8 Å². The zero-order valence-corrected chi connectivity index (χ0v) is 38.5. The van der Waals surface area contributed by atoms with E-state index in [0.717, 1.165) is 27.1 Å². The number of nitrogens with one attached hydrogen (secondary N) is 2. The summed E-state index contributed by atoms with van der Waals surface area (Å²) in [5, 5.41) is 7.35. The monoisotopic (exact) mass is 873 g/mol. The number of carbonyl (C=O) groups is 3. The van der Waals surface area contributed by atoms with Gasteiger partial charge in [0.15, 0.2) is 0 Å². The number of alkyl halides is 1. The molecule has 0 fully saturated rings. The van der Waals surface area contributed by atoms with Crippen LogP contribution in [0, 0.1) is 5.92 Å². The van der Waals surface area contributed by atoms with E-state index in [4.69, 9.17) is 13.9 Å². The predicted molar refractivity (Wildman–Crippen MR) is 251 cm³/mol. The second-order valence-corrected chi connectivity index (χ2v) is 21.7. The highest BCUT2D eigenvalue weighted by molar-refractivity contribution is 6.99. The maximum Gasteiger partial charge on any atom is 0.410 e. The molecular formula is C52H64FN3O6Si. The second-order valence-electron chi connectivity index (χ2n) is 17.4. The van der Waals surface area contributed by atoms with Crippen molar-refractivity contribution in [2.75, 3.05) is 26.8 Å². The third kappa shape index (κ3) is 13.4. The number of nitrogens with zero attached hydrogens (tertiary/aromatic N) is 1. The predicted octanol–water partition coefficient (Wildman–Crippen LogP) is 9.41. The number of hydrogen-bond donors (Lipinski definition) is 2. The van der Waals surface area contributed by atoms with E-state index in [1.54, 1.807) is 4.90 Å². The lowest BCUT2D eigenvalue weighted by Gasteiger charge is -2.44. The third-order valence-corrected chi connectivity index (χ3v) is 16.4. The second kappa shape index (κ2) is 23.6. The van der Waals surface area contributed by atoms with Crippen LogP contribution in [0.1, 0.15) is 76.5 Å². The van der Waals surface area contributed by atoms with Gasteiger partial charge in [0.1, 0.15) is 18.8 Å². The molecule has 0 heterocycles. The molecule has 0 aliphatic heterocycles. The number of halogens is 1. The highest BCUT2D eigenvalue weighted by atomic mass is 28.4. The number of ether oxygens (including phenoxy) is 2. The van der Waals surface area contributed by atoms with Crippen molar-refractivity contribution >= 4 is 36.8 Å². The maximum absolute atomic E-state index is 16.4. The van der Waals surface area contributed by atoms with Crippen molar-refractivity contribution in [3.63, 3.8) is 0 Å². The van der Waals surface area contributed by atoms with Gasteiger partial charge < -0.3 is 29.4 Å². The third-order valence-electron chi connectivity index (χ3n) is 11.4. The summed E-state index contributed by atoms with van der Waals surface area (Å²) in [4.78, 5) is 42.7. The fraction of sp³-hybridized carbons (Fsp3) is 0.365. The van der Waals surface area contributed by atoms with E-state index in [0.29, 0.717) is 13.0 Å². The molecule has 2 N–H and O–H groups in total. The molecule has 0 radical (unpaired) electrons. The zero-order valence-electron chi connectivity index (χ0n) is 37.5. The van der Waals surface area contributed by atoms with Crippen molar-refractivity contribution in [1.29, 1.82) is 0 Å². The van der Waals surface area contributed by atoms with Gasteiger partial charge in [-0.2, -0.15) is 0 Å². The van der Waals surface area contributed by atoms with Crippen LogP contribution in [-0.2, 0) is 25.3 Å². The number of methoxy groups -OCH3 is 1. The van der Waals surface area contributed by atoms with Crippen LogP contribution in [-0.4, -0.2) is 76.4 Å². The summed E-state index contributed by atoms with van der Waals surface area (Å²) >= 11 is 0. The van der Waals surface area contributed by atoms with E-state index in [-0.39, 0.29) is 43.6 Å². The molecule has 0 aliphatic carbocycles. The Bertz CT molecular complexity index is 2050. The summed E-state index contributed by atoms with van der Waals surface area (Å²) in [5.74, 6) is -0.877. The Balaban J connectivity index is 1.43. The van der Waals surface area contributed by atoms with Crippen LogP contribution in [0.15, 0.2) is 152 Å². The maximum atomic E-state index is 16.4. The summed E-state index contributed by atoms with van der Waals surface area (Å²) in [6.45, 7) is 11.1. The average molecular weight is 874 g/mol. The first kappa shape index (κ1) is 48.3. The van der Waals surface area contributed by atoms with E-state index in [9.17, 15) is 14.4 Å². The van der Waals surface area contributed by atoms with Crippen LogP contribution in [0.2, 0.25) is 5.04 Å². The molecule has 5 aromatic rings. The van der Waals surface area contributed by atoms with Crippen molar-refractivity contribution in [3.8, 4) is 0 Å². The molecule has 3 atom stereocenters. The lowest BCUT2D eigenvalue weighted by Crippen LogP contribution is -2.67. The van der Waals surface area contributed by atoms with Gasteiger partial charge in [-0.05, 0) is 57.3 Å². The zero-order chi connectivity index (χ0) is 45.2. The molecule has 0 spiro atoms. The first-order valence-corrected chi connectivity index (χ1v) is 23.8. The lowest BCUT2D eigenvalue weighted by atomic mass is 9.84. The molecule has 3 amide bonds. The Hall–Kier alpha value is -5.78. The van der Waals surface area contributed by atoms with E-state index in [2.05, 4.69) is 69.5 Å². The summed E-state index contributed by atoms with van der Waals surface area (Å²) < 4.78 is 34.7. The van der Waals surface area contributed by atoms with E-state index in [1.807, 2.05) is 127 Å². The van der Waals surface area contributed by atoms with Crippen LogP contribution in [0.25, 0.3) is 0 Å². The van der Waals surface area contributed by atoms with Gasteiger partial charge in [-0.15, -0.1) is 0 Å². The van der Waals surface area contributed by atoms with Gasteiger partial charge in [0.25, 0.3) is 8.32 Å². The molecule has 11 heteroatoms. The average Bonchev–Trinajstić information content (AvgIpc) is 3.30. The van der Waals surface area contributed by atoms with Crippen LogP contribution in [0.3, 0.4) is 0 Å². The molecule has 0 aliphatic rings. The minimum absolute atomic E-state index is 0.00902. The molecule has 0 bridgehead atoms. The van der Waals surface area contributed by atoms with E-state index in [1.165, 1.54) is 7.11 Å². The Kier molecular flexibility index (Phi) is 18.1. The number of amides is 3. The van der Waals surface area contributed by atoms with Crippen LogP contribution < -0.4 is 21.0 Å². The molecule has 0 saturated carbocycles. The summed E-state index contributed by atoms with van der Waals surface area (Å²) in [5.41, 5.74) is 2.44. The van der Waals surface area contributed by atoms with Crippen LogP contribution in [0.5, 0.6) is 0 Å². The van der Waals surface area contributed by atoms with Gasteiger partial charge in [0, 0.05) is 19.0 Å². The molecule has 63 heavy (non-hydrogen) atoms. The number of benzene rings is 5. The first-order valence-electron chi connectivity index (χ1n) is 21.9. The van der Waals surface area contributed by atoms with Crippen molar-refractivity contribution in [2.45, 2.75) is 89.7 Å². The molecule has 5 rings (SSSR count). The minimum atomic E-state index is -3.07. The highest BCUT2D eigenvalue weighted by Gasteiger charge is 2.50. The largest absolute Gasteiger partial charge is 0.453 e. The van der Waals surface area contributed by atoms with E-state index >= 15 is 4.39 Å². The fourth-order valence-corrected chi connectivity index (χ4v) is 12.7. The van der Waals surface area contributed by atoms with Crippen molar-refractivity contribution < 1.29 is 32.7 Å². The Labute approximate surface area is 374 Å². The van der Waals surface area contributed by atoms with Crippen molar-refractivity contribution in [2.24, 2.45) is 5.92 Å². The molecular weight excluding hydrogens is 810 g/mol. The van der Waals surface area contributed by atoms with Gasteiger partial charge in [0.2, 0.25) is 5.91 Å². The Morgan fingerprint density at radius 2 is 1.19 bits per heavy atom. The number of alkyl carbamates (subject to hydrolysis) is 1. The molecule has 5 aromatic carbocycles. The SMILES string of the molecule is COC(=O)N[C@H](C(=O)NCC(F)CCC(CO[Si](c1ccccc1)(c1ccccc1)C(C)(C)C)N(CCC(C)C)C(=O)OCc1ccccc1)C(c1ccccc1)c1ccccc1. The quantitative estimate of drug-likeness (QED) is 0.0713. The van der Waals surface area contributed by atoms with Crippen LogP contribution >= 0.6 is 0 Å². The lowest BCUT2D eigenvalue weighted by molar-refractivity contribution is -0.123. The Morgan fingerprint density at radius 1 is 0.698 bits per heavy atom. The molecule has 334 valence electrons. The molecule has 9 nitrogen and oxygen atoms in total.